The molecule has 0 bridgehead atoms. The van der Waals surface area contributed by atoms with Gasteiger partial charge in [-0.25, -0.2) is 4.79 Å². The summed E-state index contributed by atoms with van der Waals surface area (Å²) in [5, 5.41) is 12.1. The maximum Gasteiger partial charge on any atom is 0.357 e. The first-order chi connectivity index (χ1) is 16.5. The minimum Gasteiger partial charge on any atom is -0.464 e. The second-order valence-corrected chi connectivity index (χ2v) is 7.22. The number of ether oxygens (including phenoxy) is 2. The van der Waals surface area contributed by atoms with E-state index in [1.807, 2.05) is 36.4 Å². The highest BCUT2D eigenvalue weighted by Crippen LogP contribution is 2.26. The van der Waals surface area contributed by atoms with Gasteiger partial charge in [0.15, 0.2) is 5.69 Å². The number of para-hydroxylation sites is 1. The molecule has 4 rings (SSSR count). The van der Waals surface area contributed by atoms with Crippen molar-refractivity contribution in [2.45, 2.75) is 0 Å². The summed E-state index contributed by atoms with van der Waals surface area (Å²) in [5.41, 5.74) is 7.54. The number of benzene rings is 3. The lowest BCUT2D eigenvalue weighted by Crippen LogP contribution is -2.14. The third-order valence-electron chi connectivity index (χ3n) is 5.02. The molecule has 8 heteroatoms. The Morgan fingerprint density at radius 3 is 2.35 bits per heavy atom. The Morgan fingerprint density at radius 2 is 1.68 bits per heavy atom. The number of nitrogen functional groups attached to an aromatic ring is 1. The van der Waals surface area contributed by atoms with Gasteiger partial charge in [0.05, 0.1) is 18.4 Å². The molecule has 0 saturated heterocycles. The molecule has 1 aromatic heterocycles. The van der Waals surface area contributed by atoms with Crippen LogP contribution in [-0.2, 0) is 4.74 Å². The Hall–Kier alpha value is -5.03. The van der Waals surface area contributed by atoms with Crippen molar-refractivity contribution in [2.75, 3.05) is 18.2 Å². The molecule has 3 aromatic carbocycles. The van der Waals surface area contributed by atoms with Crippen molar-refractivity contribution in [1.82, 2.24) is 4.57 Å². The van der Waals surface area contributed by atoms with Crippen LogP contribution in [0.2, 0.25) is 0 Å². The lowest BCUT2D eigenvalue weighted by atomic mass is 10.1. The molecule has 0 aliphatic carbocycles. The summed E-state index contributed by atoms with van der Waals surface area (Å²) in [6.45, 7) is 0. The molecule has 34 heavy (non-hydrogen) atoms. The Labute approximate surface area is 195 Å². The first-order valence-corrected chi connectivity index (χ1v) is 10.2. The molecule has 4 aromatic rings. The molecule has 0 unspecified atom stereocenters. The number of amides is 1. The predicted molar refractivity (Wildman–Crippen MR) is 127 cm³/mol. The third kappa shape index (κ3) is 4.59. The zero-order chi connectivity index (χ0) is 24.1. The van der Waals surface area contributed by atoms with Crippen LogP contribution >= 0.6 is 0 Å². The number of hydrogen-bond acceptors (Lipinski definition) is 6. The van der Waals surface area contributed by atoms with E-state index >= 15 is 0 Å². The Morgan fingerprint density at radius 1 is 0.971 bits per heavy atom. The van der Waals surface area contributed by atoms with Crippen molar-refractivity contribution >= 4 is 23.3 Å². The number of nitriles is 1. The quantitative estimate of drug-likeness (QED) is 0.407. The largest absolute Gasteiger partial charge is 0.464 e. The smallest absolute Gasteiger partial charge is 0.357 e. The van der Waals surface area contributed by atoms with Gasteiger partial charge in [-0.1, -0.05) is 24.3 Å². The summed E-state index contributed by atoms with van der Waals surface area (Å²) in [6, 6.07) is 24.9. The van der Waals surface area contributed by atoms with Crippen LogP contribution in [0.5, 0.6) is 11.5 Å². The first kappa shape index (κ1) is 22.2. The highest BCUT2D eigenvalue weighted by atomic mass is 16.5. The number of esters is 1. The highest BCUT2D eigenvalue weighted by molar-refractivity contribution is 6.04. The average molecular weight is 452 g/mol. The predicted octanol–water partition coefficient (Wildman–Crippen LogP) is 4.76. The van der Waals surface area contributed by atoms with E-state index in [-0.39, 0.29) is 22.9 Å². The topological polar surface area (TPSA) is 119 Å². The van der Waals surface area contributed by atoms with Gasteiger partial charge < -0.3 is 25.1 Å². The van der Waals surface area contributed by atoms with Crippen molar-refractivity contribution in [1.29, 1.82) is 5.26 Å². The molecule has 0 aliphatic heterocycles. The van der Waals surface area contributed by atoms with E-state index in [1.165, 1.54) is 17.9 Å². The summed E-state index contributed by atoms with van der Waals surface area (Å²) in [6.07, 6.45) is 1.43. The van der Waals surface area contributed by atoms with E-state index in [0.29, 0.717) is 28.4 Å². The maximum atomic E-state index is 12.9. The van der Waals surface area contributed by atoms with Gasteiger partial charge in [0, 0.05) is 23.1 Å². The number of nitrogens with two attached hydrogens (primary N) is 1. The fraction of sp³-hybridized carbons (Fsp3) is 0.0385. The first-order valence-electron chi connectivity index (χ1n) is 10.2. The molecule has 0 radical (unpaired) electrons. The number of methoxy groups -OCH3 is 1. The van der Waals surface area contributed by atoms with Crippen LogP contribution in [-0.4, -0.2) is 23.6 Å². The number of carbonyl (C=O) groups excluding carboxylic acids is 2. The summed E-state index contributed by atoms with van der Waals surface area (Å²) < 4.78 is 12.0. The second-order valence-electron chi connectivity index (χ2n) is 7.22. The van der Waals surface area contributed by atoms with Crippen molar-refractivity contribution in [3.05, 3.63) is 102 Å². The average Bonchev–Trinajstić information content (AvgIpc) is 3.21. The van der Waals surface area contributed by atoms with E-state index in [2.05, 4.69) is 5.32 Å². The number of rotatable bonds is 6. The summed E-state index contributed by atoms with van der Waals surface area (Å²) in [7, 11) is 1.23. The monoisotopic (exact) mass is 452 g/mol. The van der Waals surface area contributed by atoms with E-state index in [0.717, 1.165) is 0 Å². The van der Waals surface area contributed by atoms with Crippen LogP contribution in [0.3, 0.4) is 0 Å². The minimum atomic E-state index is -0.688. The molecule has 0 atom stereocenters. The zero-order valence-corrected chi connectivity index (χ0v) is 18.2. The van der Waals surface area contributed by atoms with E-state index in [9.17, 15) is 14.9 Å². The van der Waals surface area contributed by atoms with Crippen LogP contribution in [0.25, 0.3) is 5.69 Å². The number of nitrogens with one attached hydrogen (secondary N) is 1. The zero-order valence-electron chi connectivity index (χ0n) is 18.2. The van der Waals surface area contributed by atoms with E-state index in [4.69, 9.17) is 15.2 Å². The molecular weight excluding hydrogens is 432 g/mol. The lowest BCUT2D eigenvalue weighted by molar-refractivity contribution is 0.0593. The second kappa shape index (κ2) is 9.63. The van der Waals surface area contributed by atoms with Gasteiger partial charge in [-0.15, -0.1) is 0 Å². The fourth-order valence-electron chi connectivity index (χ4n) is 3.35. The summed E-state index contributed by atoms with van der Waals surface area (Å²) >= 11 is 0. The number of anilines is 2. The lowest BCUT2D eigenvalue weighted by Gasteiger charge is -2.11. The van der Waals surface area contributed by atoms with Crippen LogP contribution in [0.4, 0.5) is 11.4 Å². The Balaban J connectivity index is 1.54. The minimum absolute atomic E-state index is 0.0158. The van der Waals surface area contributed by atoms with Crippen molar-refractivity contribution < 1.29 is 19.1 Å². The molecule has 168 valence electrons. The van der Waals surface area contributed by atoms with Crippen LogP contribution < -0.4 is 15.8 Å². The van der Waals surface area contributed by atoms with Crippen molar-refractivity contribution in [3.8, 4) is 23.3 Å². The van der Waals surface area contributed by atoms with Crippen molar-refractivity contribution in [3.63, 3.8) is 0 Å². The van der Waals surface area contributed by atoms with Crippen LogP contribution in [0.15, 0.2) is 85.1 Å². The molecule has 0 fully saturated rings. The number of hydrogen-bond donors (Lipinski definition) is 2. The van der Waals surface area contributed by atoms with Gasteiger partial charge >= 0.3 is 5.97 Å². The molecule has 0 saturated carbocycles. The normalized spacial score (nSPS) is 10.2. The standard InChI is InChI=1S/C26H20N4O4/c1-33-26(32)24-23(28)18(15-27)16-30(24)20-7-5-6-17(14-20)25(31)29-19-10-12-22(13-11-19)34-21-8-3-2-4-9-21/h2-14,16H,28H2,1H3,(H,29,31). The van der Waals surface area contributed by atoms with Crippen LogP contribution in [0, 0.1) is 11.3 Å². The van der Waals surface area contributed by atoms with Gasteiger partial charge in [0.2, 0.25) is 0 Å². The number of nitrogens with zero attached hydrogens (tertiary/aromatic N) is 2. The third-order valence-corrected chi connectivity index (χ3v) is 5.02. The van der Waals surface area contributed by atoms with Gasteiger partial charge in [0.1, 0.15) is 17.6 Å². The summed E-state index contributed by atoms with van der Waals surface area (Å²) in [4.78, 5) is 25.1. The van der Waals surface area contributed by atoms with Gasteiger partial charge in [-0.3, -0.25) is 4.79 Å². The van der Waals surface area contributed by atoms with Crippen LogP contribution in [0.1, 0.15) is 26.4 Å². The van der Waals surface area contributed by atoms with Gasteiger partial charge in [0.25, 0.3) is 5.91 Å². The summed E-state index contributed by atoms with van der Waals surface area (Å²) in [5.74, 6) is 0.318. The number of aromatic nitrogens is 1. The van der Waals surface area contributed by atoms with Gasteiger partial charge in [-0.2, -0.15) is 5.26 Å². The van der Waals surface area contributed by atoms with Crippen molar-refractivity contribution in [2.24, 2.45) is 0 Å². The van der Waals surface area contributed by atoms with E-state index < -0.39 is 5.97 Å². The molecule has 0 spiro atoms. The van der Waals surface area contributed by atoms with Gasteiger partial charge in [-0.05, 0) is 54.6 Å². The SMILES string of the molecule is COC(=O)c1c(N)c(C#N)cn1-c1cccc(C(=O)Nc2ccc(Oc3ccccc3)cc2)c1. The van der Waals surface area contributed by atoms with E-state index in [1.54, 1.807) is 48.5 Å². The molecule has 0 aliphatic rings. The molecule has 3 N–H and O–H groups in total. The fourth-order valence-corrected chi connectivity index (χ4v) is 3.35. The Bertz CT molecular complexity index is 1390. The highest BCUT2D eigenvalue weighted by Gasteiger charge is 2.22. The Kier molecular flexibility index (Phi) is 6.28. The molecule has 8 nitrogen and oxygen atoms in total. The number of carbonyl (C=O) groups is 2. The molecular formula is C26H20N4O4. The maximum absolute atomic E-state index is 12.9. The molecule has 1 heterocycles. The molecule has 1 amide bonds.